The summed E-state index contributed by atoms with van der Waals surface area (Å²) in [6, 6.07) is 25.7. The molecule has 0 bridgehead atoms. The number of aromatic nitrogens is 3. The molecule has 4 nitrogen and oxygen atoms in total. The normalized spacial score (nSPS) is 12.3. The summed E-state index contributed by atoms with van der Waals surface area (Å²) >= 11 is 0. The molecule has 0 spiro atoms. The Bertz CT molecular complexity index is 2110. The monoisotopic (exact) mass is 519 g/mol. The highest BCUT2D eigenvalue weighted by atomic mass is 16.3. The van der Waals surface area contributed by atoms with Crippen LogP contribution in [0.25, 0.3) is 73.5 Å². The molecule has 0 saturated carbocycles. The molecule has 0 aliphatic carbocycles. The smallest absolute Gasteiger partial charge is 0.227 e. The number of hydrogen-bond acceptors (Lipinski definition) is 2. The number of para-hydroxylation sites is 2. The Hall–Kier alpha value is -5.09. The number of allylic oxidation sites excluding steroid dienone is 2. The number of nitrogens with zero attached hydrogens (tertiary/aromatic N) is 3. The lowest BCUT2D eigenvalue weighted by atomic mass is 10.1. The number of furan rings is 1. The van der Waals surface area contributed by atoms with Crippen LogP contribution < -0.4 is 0 Å². The first-order valence-electron chi connectivity index (χ1n) is 13.6. The molecule has 3 aromatic carbocycles. The van der Waals surface area contributed by atoms with Crippen LogP contribution >= 0.6 is 0 Å². The summed E-state index contributed by atoms with van der Waals surface area (Å²) in [5.74, 6) is 0. The SMILES string of the molecule is C=Cc1c(/C=C\C)c(/C=C\C)c(C)n1-c1cnc2oc3ccc(-n4c5ccccc5c5ccccc54)cc3c2c1. The van der Waals surface area contributed by atoms with Gasteiger partial charge in [0.25, 0.3) is 0 Å². The van der Waals surface area contributed by atoms with Crippen molar-refractivity contribution in [2.24, 2.45) is 0 Å². The summed E-state index contributed by atoms with van der Waals surface area (Å²) in [7, 11) is 0. The van der Waals surface area contributed by atoms with Crippen molar-refractivity contribution < 1.29 is 4.42 Å². The van der Waals surface area contributed by atoms with Crippen LogP contribution in [0.4, 0.5) is 0 Å². The molecule has 0 fully saturated rings. The van der Waals surface area contributed by atoms with E-state index in [1.165, 1.54) is 27.4 Å². The maximum atomic E-state index is 6.21. The highest BCUT2D eigenvalue weighted by molar-refractivity contribution is 6.10. The first-order chi connectivity index (χ1) is 19.6. The van der Waals surface area contributed by atoms with E-state index in [1.54, 1.807) is 0 Å². The Morgan fingerprint density at radius 2 is 1.38 bits per heavy atom. The molecular formula is C36H29N3O. The largest absolute Gasteiger partial charge is 0.438 e. The van der Waals surface area contributed by atoms with Crippen molar-refractivity contribution in [2.75, 3.05) is 0 Å². The third kappa shape index (κ3) is 3.43. The van der Waals surface area contributed by atoms with Gasteiger partial charge in [-0.05, 0) is 63.2 Å². The number of fused-ring (bicyclic) bond motifs is 6. The average Bonchev–Trinajstić information content (AvgIpc) is 3.60. The van der Waals surface area contributed by atoms with Gasteiger partial charge in [-0.15, -0.1) is 0 Å². The van der Waals surface area contributed by atoms with Crippen molar-refractivity contribution in [1.29, 1.82) is 0 Å². The minimum absolute atomic E-state index is 0.630. The fraction of sp³-hybridized carbons (Fsp3) is 0.0833. The summed E-state index contributed by atoms with van der Waals surface area (Å²) in [4.78, 5) is 4.77. The van der Waals surface area contributed by atoms with Gasteiger partial charge in [0.2, 0.25) is 5.71 Å². The molecule has 194 valence electrons. The van der Waals surface area contributed by atoms with Crippen molar-refractivity contribution in [1.82, 2.24) is 14.1 Å². The minimum Gasteiger partial charge on any atom is -0.438 e. The molecule has 0 atom stereocenters. The number of hydrogen-bond donors (Lipinski definition) is 0. The first kappa shape index (κ1) is 24.0. The maximum Gasteiger partial charge on any atom is 0.227 e. The lowest BCUT2D eigenvalue weighted by molar-refractivity contribution is 0.653. The van der Waals surface area contributed by atoms with Crippen molar-refractivity contribution in [3.63, 3.8) is 0 Å². The molecule has 0 saturated heterocycles. The van der Waals surface area contributed by atoms with E-state index in [4.69, 9.17) is 9.40 Å². The minimum atomic E-state index is 0.630. The standard InChI is InChI=1S/C36H29N3O/c1-5-12-26-23(4)38(32(7-3)27(26)13-6-2)25-21-31-30-20-24(18-19-35(30)40-36(31)37-22-25)39-33-16-10-8-14-28(33)29-15-9-11-17-34(29)39/h5-22H,3H2,1-2,4H3/b12-5-,13-6-. The molecule has 4 heteroatoms. The Morgan fingerprint density at radius 3 is 2.05 bits per heavy atom. The molecule has 7 aromatic rings. The molecule has 7 rings (SSSR count). The third-order valence-corrected chi connectivity index (χ3v) is 7.79. The first-order valence-corrected chi connectivity index (χ1v) is 13.6. The molecule has 0 radical (unpaired) electrons. The fourth-order valence-corrected chi connectivity index (χ4v) is 6.11. The van der Waals surface area contributed by atoms with Crippen LogP contribution in [0.1, 0.15) is 36.4 Å². The van der Waals surface area contributed by atoms with Gasteiger partial charge in [0.05, 0.1) is 34.0 Å². The molecular weight excluding hydrogens is 490 g/mol. The Kier molecular flexibility index (Phi) is 5.56. The molecule has 4 heterocycles. The van der Waals surface area contributed by atoms with Gasteiger partial charge in [-0.25, -0.2) is 4.98 Å². The zero-order valence-electron chi connectivity index (χ0n) is 22.8. The maximum absolute atomic E-state index is 6.21. The van der Waals surface area contributed by atoms with Crippen LogP contribution in [-0.4, -0.2) is 14.1 Å². The second-order valence-electron chi connectivity index (χ2n) is 10.0. The van der Waals surface area contributed by atoms with Crippen molar-refractivity contribution in [2.45, 2.75) is 20.8 Å². The van der Waals surface area contributed by atoms with E-state index >= 15 is 0 Å². The van der Waals surface area contributed by atoms with Gasteiger partial charge in [-0.2, -0.15) is 0 Å². The van der Waals surface area contributed by atoms with Gasteiger partial charge >= 0.3 is 0 Å². The van der Waals surface area contributed by atoms with Crippen LogP contribution in [0.15, 0.2) is 102 Å². The molecule has 0 N–H and O–H groups in total. The van der Waals surface area contributed by atoms with E-state index in [-0.39, 0.29) is 0 Å². The van der Waals surface area contributed by atoms with Crippen LogP contribution in [0.5, 0.6) is 0 Å². The molecule has 4 aromatic heterocycles. The highest BCUT2D eigenvalue weighted by Gasteiger charge is 2.19. The van der Waals surface area contributed by atoms with Gasteiger partial charge in [0, 0.05) is 38.7 Å². The van der Waals surface area contributed by atoms with Gasteiger partial charge < -0.3 is 13.6 Å². The third-order valence-electron chi connectivity index (χ3n) is 7.79. The van der Waals surface area contributed by atoms with E-state index in [1.807, 2.05) is 26.1 Å². The molecule has 0 aliphatic heterocycles. The number of benzene rings is 3. The zero-order chi connectivity index (χ0) is 27.4. The van der Waals surface area contributed by atoms with Gasteiger partial charge in [-0.1, -0.05) is 67.3 Å². The van der Waals surface area contributed by atoms with E-state index < -0.39 is 0 Å². The summed E-state index contributed by atoms with van der Waals surface area (Å²) in [5, 5.41) is 4.51. The van der Waals surface area contributed by atoms with Crippen LogP contribution in [-0.2, 0) is 0 Å². The van der Waals surface area contributed by atoms with E-state index in [9.17, 15) is 0 Å². The lowest BCUT2D eigenvalue weighted by Crippen LogP contribution is -2.00. The second-order valence-corrected chi connectivity index (χ2v) is 10.0. The predicted molar refractivity (Wildman–Crippen MR) is 169 cm³/mol. The number of pyridine rings is 1. The van der Waals surface area contributed by atoms with Crippen molar-refractivity contribution >= 4 is 62.1 Å². The predicted octanol–water partition coefficient (Wildman–Crippen LogP) is 9.89. The summed E-state index contributed by atoms with van der Waals surface area (Å²) in [6.07, 6.45) is 12.3. The van der Waals surface area contributed by atoms with E-state index in [0.717, 1.165) is 44.7 Å². The topological polar surface area (TPSA) is 35.9 Å². The molecule has 0 unspecified atom stereocenters. The summed E-state index contributed by atoms with van der Waals surface area (Å²) in [5.41, 5.74) is 10.4. The molecule has 0 amide bonds. The van der Waals surface area contributed by atoms with Crippen LogP contribution in [0.3, 0.4) is 0 Å². The van der Waals surface area contributed by atoms with Crippen molar-refractivity contribution in [3.05, 3.63) is 120 Å². The Balaban J connectivity index is 1.48. The number of rotatable bonds is 5. The highest BCUT2D eigenvalue weighted by Crippen LogP contribution is 2.36. The Morgan fingerprint density at radius 1 is 0.725 bits per heavy atom. The van der Waals surface area contributed by atoms with Gasteiger partial charge in [-0.3, -0.25) is 0 Å². The van der Waals surface area contributed by atoms with Gasteiger partial charge in [0.1, 0.15) is 5.58 Å². The van der Waals surface area contributed by atoms with Gasteiger partial charge in [0.15, 0.2) is 0 Å². The quantitative estimate of drug-likeness (QED) is 0.227. The Labute approximate surface area is 232 Å². The lowest BCUT2D eigenvalue weighted by Gasteiger charge is -2.10. The fourth-order valence-electron chi connectivity index (χ4n) is 6.11. The molecule has 0 aliphatic rings. The molecule has 40 heavy (non-hydrogen) atoms. The van der Waals surface area contributed by atoms with E-state index in [0.29, 0.717) is 5.71 Å². The zero-order valence-corrected chi connectivity index (χ0v) is 22.8. The summed E-state index contributed by atoms with van der Waals surface area (Å²) < 4.78 is 10.8. The van der Waals surface area contributed by atoms with Crippen LogP contribution in [0, 0.1) is 6.92 Å². The summed E-state index contributed by atoms with van der Waals surface area (Å²) in [6.45, 7) is 10.4. The average molecular weight is 520 g/mol. The second kappa shape index (κ2) is 9.28. The van der Waals surface area contributed by atoms with E-state index in [2.05, 4.69) is 120 Å². The van der Waals surface area contributed by atoms with Crippen molar-refractivity contribution in [3.8, 4) is 11.4 Å². The van der Waals surface area contributed by atoms with Crippen LogP contribution in [0.2, 0.25) is 0 Å².